The van der Waals surface area contributed by atoms with Crippen molar-refractivity contribution in [2.24, 2.45) is 0 Å². The number of pyridine rings is 1. The minimum absolute atomic E-state index is 0.0236. The summed E-state index contributed by atoms with van der Waals surface area (Å²) in [6.07, 6.45) is 5.15. The van der Waals surface area contributed by atoms with E-state index in [0.29, 0.717) is 5.56 Å². The molecule has 0 fully saturated rings. The number of amides is 1. The van der Waals surface area contributed by atoms with Gasteiger partial charge in [-0.2, -0.15) is 0 Å². The van der Waals surface area contributed by atoms with E-state index in [4.69, 9.17) is 4.74 Å². The van der Waals surface area contributed by atoms with Crippen molar-refractivity contribution in [3.63, 3.8) is 0 Å². The van der Waals surface area contributed by atoms with E-state index in [2.05, 4.69) is 16.4 Å². The average Bonchev–Trinajstić information content (AvgIpc) is 2.62. The van der Waals surface area contributed by atoms with Gasteiger partial charge in [-0.3, -0.25) is 9.78 Å². The molecule has 1 aliphatic rings. The van der Waals surface area contributed by atoms with E-state index in [1.165, 1.54) is 18.0 Å². The Bertz CT molecular complexity index is 730. The van der Waals surface area contributed by atoms with Gasteiger partial charge in [0.15, 0.2) is 6.10 Å². The number of fused-ring (bicyclic) bond motifs is 1. The molecule has 1 amide bonds. The largest absolute Gasteiger partial charge is 0.449 e. The lowest BCUT2D eigenvalue weighted by Crippen LogP contribution is -2.39. The molecule has 3 rings (SSSR count). The van der Waals surface area contributed by atoms with Crippen molar-refractivity contribution in [1.82, 2.24) is 10.3 Å². The van der Waals surface area contributed by atoms with Crippen molar-refractivity contribution in [2.45, 2.75) is 38.3 Å². The summed E-state index contributed by atoms with van der Waals surface area (Å²) in [5.41, 5.74) is 2.81. The van der Waals surface area contributed by atoms with Gasteiger partial charge in [0.25, 0.3) is 5.91 Å². The quantitative estimate of drug-likeness (QED) is 0.878. The second-order valence-electron chi connectivity index (χ2n) is 5.94. The molecule has 0 unspecified atom stereocenters. The first-order valence-corrected chi connectivity index (χ1v) is 8.14. The number of esters is 1. The van der Waals surface area contributed by atoms with E-state index >= 15 is 0 Å². The number of nitrogens with zero attached hydrogens (tertiary/aromatic N) is 1. The Labute approximate surface area is 141 Å². The van der Waals surface area contributed by atoms with Gasteiger partial charge in [-0.15, -0.1) is 0 Å². The highest BCUT2D eigenvalue weighted by Crippen LogP contribution is 2.29. The molecule has 0 saturated carbocycles. The number of benzene rings is 1. The number of aryl methyl sites for hydroxylation is 1. The summed E-state index contributed by atoms with van der Waals surface area (Å²) < 4.78 is 5.25. The molecular weight excluding hydrogens is 304 g/mol. The van der Waals surface area contributed by atoms with Crippen LogP contribution < -0.4 is 5.32 Å². The zero-order valence-electron chi connectivity index (χ0n) is 13.6. The minimum atomic E-state index is -0.847. The normalized spacial score (nSPS) is 17.5. The summed E-state index contributed by atoms with van der Waals surface area (Å²) in [4.78, 5) is 28.3. The standard InChI is InChI=1S/C19H20N2O3/c1-13(24-19(23)15-9-11-20-12-10-15)18(22)21-17-8-4-6-14-5-2-3-7-16(14)17/h2-3,5,7,9-13,17H,4,6,8H2,1H3,(H,21,22)/t13-,17+/m0/s1. The van der Waals surface area contributed by atoms with E-state index in [9.17, 15) is 9.59 Å². The number of rotatable bonds is 4. The van der Waals surface area contributed by atoms with Crippen LogP contribution in [0.1, 0.15) is 47.3 Å². The van der Waals surface area contributed by atoms with Crippen molar-refractivity contribution in [2.75, 3.05) is 0 Å². The topological polar surface area (TPSA) is 68.3 Å². The van der Waals surface area contributed by atoms with Gasteiger partial charge in [-0.25, -0.2) is 4.79 Å². The van der Waals surface area contributed by atoms with Crippen LogP contribution in [0.3, 0.4) is 0 Å². The molecule has 1 heterocycles. The zero-order valence-corrected chi connectivity index (χ0v) is 13.6. The van der Waals surface area contributed by atoms with E-state index in [1.807, 2.05) is 18.2 Å². The first-order valence-electron chi connectivity index (χ1n) is 8.14. The van der Waals surface area contributed by atoms with Crippen LogP contribution in [0.4, 0.5) is 0 Å². The van der Waals surface area contributed by atoms with Crippen molar-refractivity contribution in [3.8, 4) is 0 Å². The van der Waals surface area contributed by atoms with Gasteiger partial charge >= 0.3 is 5.97 Å². The van der Waals surface area contributed by atoms with Gasteiger partial charge in [0.2, 0.25) is 0 Å². The van der Waals surface area contributed by atoms with Gasteiger partial charge < -0.3 is 10.1 Å². The Morgan fingerprint density at radius 2 is 1.96 bits per heavy atom. The van der Waals surface area contributed by atoms with Crippen LogP contribution in [0.15, 0.2) is 48.8 Å². The molecule has 0 spiro atoms. The molecule has 1 aliphatic carbocycles. The second kappa shape index (κ2) is 7.25. The number of hydrogen-bond donors (Lipinski definition) is 1. The van der Waals surface area contributed by atoms with Gasteiger partial charge in [0, 0.05) is 12.4 Å². The van der Waals surface area contributed by atoms with Crippen molar-refractivity contribution in [3.05, 3.63) is 65.5 Å². The maximum absolute atomic E-state index is 12.4. The fraction of sp³-hybridized carbons (Fsp3) is 0.316. The molecule has 1 N–H and O–H groups in total. The van der Waals surface area contributed by atoms with Crippen LogP contribution in [0.2, 0.25) is 0 Å². The maximum atomic E-state index is 12.4. The molecule has 2 atom stereocenters. The first kappa shape index (κ1) is 16.2. The number of aromatic nitrogens is 1. The Hall–Kier alpha value is -2.69. The van der Waals surface area contributed by atoms with Crippen molar-refractivity contribution >= 4 is 11.9 Å². The van der Waals surface area contributed by atoms with Gasteiger partial charge in [0.05, 0.1) is 11.6 Å². The fourth-order valence-electron chi connectivity index (χ4n) is 2.96. The van der Waals surface area contributed by atoms with Crippen LogP contribution >= 0.6 is 0 Å². The average molecular weight is 324 g/mol. The van der Waals surface area contributed by atoms with Crippen LogP contribution in [0.5, 0.6) is 0 Å². The first-order chi connectivity index (χ1) is 11.6. The number of carbonyl (C=O) groups is 2. The minimum Gasteiger partial charge on any atom is -0.449 e. The monoisotopic (exact) mass is 324 g/mol. The summed E-state index contributed by atoms with van der Waals surface area (Å²) in [7, 11) is 0. The third-order valence-electron chi connectivity index (χ3n) is 4.25. The Kier molecular flexibility index (Phi) is 4.89. The number of hydrogen-bond acceptors (Lipinski definition) is 4. The fourth-order valence-corrected chi connectivity index (χ4v) is 2.96. The highest BCUT2D eigenvalue weighted by Gasteiger charge is 2.25. The lowest BCUT2D eigenvalue weighted by Gasteiger charge is -2.27. The van der Waals surface area contributed by atoms with E-state index < -0.39 is 12.1 Å². The SMILES string of the molecule is C[C@H](OC(=O)c1ccncc1)C(=O)N[C@@H]1CCCc2ccccc21. The molecule has 1 aromatic heterocycles. The molecule has 0 bridgehead atoms. The molecule has 5 heteroatoms. The Morgan fingerprint density at radius 3 is 2.75 bits per heavy atom. The predicted octanol–water partition coefficient (Wildman–Crippen LogP) is 2.82. The lowest BCUT2D eigenvalue weighted by atomic mass is 9.87. The Morgan fingerprint density at radius 1 is 1.21 bits per heavy atom. The van der Waals surface area contributed by atoms with Gasteiger partial charge in [-0.05, 0) is 49.4 Å². The van der Waals surface area contributed by atoms with Crippen molar-refractivity contribution < 1.29 is 14.3 Å². The van der Waals surface area contributed by atoms with Crippen LogP contribution in [-0.2, 0) is 16.0 Å². The van der Waals surface area contributed by atoms with Gasteiger partial charge in [-0.1, -0.05) is 24.3 Å². The summed E-state index contributed by atoms with van der Waals surface area (Å²) in [5, 5.41) is 3.00. The highest BCUT2D eigenvalue weighted by atomic mass is 16.5. The van der Waals surface area contributed by atoms with Crippen LogP contribution in [-0.4, -0.2) is 23.0 Å². The van der Waals surface area contributed by atoms with Gasteiger partial charge in [0.1, 0.15) is 0 Å². The van der Waals surface area contributed by atoms with Crippen LogP contribution in [0.25, 0.3) is 0 Å². The zero-order chi connectivity index (χ0) is 16.9. The second-order valence-corrected chi connectivity index (χ2v) is 5.94. The lowest BCUT2D eigenvalue weighted by molar-refractivity contribution is -0.130. The summed E-state index contributed by atoms with van der Waals surface area (Å²) >= 11 is 0. The molecule has 0 radical (unpaired) electrons. The summed E-state index contributed by atoms with van der Waals surface area (Å²) in [5.74, 6) is -0.803. The summed E-state index contributed by atoms with van der Waals surface area (Å²) in [6.45, 7) is 1.59. The van der Waals surface area contributed by atoms with E-state index in [0.717, 1.165) is 24.8 Å². The van der Waals surface area contributed by atoms with Crippen molar-refractivity contribution in [1.29, 1.82) is 0 Å². The molecule has 2 aromatic rings. The summed E-state index contributed by atoms with van der Waals surface area (Å²) in [6, 6.07) is 11.2. The molecule has 124 valence electrons. The molecule has 1 aromatic carbocycles. The number of ether oxygens (including phenoxy) is 1. The molecule has 5 nitrogen and oxygen atoms in total. The smallest absolute Gasteiger partial charge is 0.339 e. The third kappa shape index (κ3) is 3.62. The van der Waals surface area contributed by atoms with E-state index in [1.54, 1.807) is 19.1 Å². The molecular formula is C19H20N2O3. The number of carbonyl (C=O) groups excluding carboxylic acids is 2. The predicted molar refractivity (Wildman–Crippen MR) is 89.4 cm³/mol. The molecule has 24 heavy (non-hydrogen) atoms. The highest BCUT2D eigenvalue weighted by molar-refractivity contribution is 5.92. The molecule has 0 saturated heterocycles. The Balaban J connectivity index is 1.62. The molecule has 0 aliphatic heterocycles. The third-order valence-corrected chi connectivity index (χ3v) is 4.25. The van der Waals surface area contributed by atoms with E-state index in [-0.39, 0.29) is 11.9 Å². The van der Waals surface area contributed by atoms with Crippen LogP contribution in [0, 0.1) is 0 Å². The number of nitrogens with one attached hydrogen (secondary N) is 1. The maximum Gasteiger partial charge on any atom is 0.339 e.